The van der Waals surface area contributed by atoms with Gasteiger partial charge >= 0.3 is 11.8 Å². The van der Waals surface area contributed by atoms with E-state index in [0.717, 1.165) is 43.6 Å². The Kier molecular flexibility index (Phi) is 7.53. The second kappa shape index (κ2) is 10.5. The average Bonchev–Trinajstić information content (AvgIpc) is 2.83. The van der Waals surface area contributed by atoms with Gasteiger partial charge in [-0.05, 0) is 54.7 Å². The molecule has 0 radical (unpaired) electrons. The summed E-state index contributed by atoms with van der Waals surface area (Å²) in [7, 11) is 2.12. The highest BCUT2D eigenvalue weighted by Crippen LogP contribution is 2.31. The lowest BCUT2D eigenvalue weighted by atomic mass is 9.95. The zero-order valence-electron chi connectivity index (χ0n) is 19.2. The average molecular weight is 471 g/mol. The third-order valence-corrected chi connectivity index (χ3v) is 6.91. The Morgan fingerprint density at radius 1 is 1.12 bits per heavy atom. The fourth-order valence-corrected chi connectivity index (χ4v) is 4.73. The molecule has 2 heterocycles. The summed E-state index contributed by atoms with van der Waals surface area (Å²) in [5.41, 5.74) is 5.01. The first-order chi connectivity index (χ1) is 15.9. The van der Waals surface area contributed by atoms with Crippen molar-refractivity contribution in [2.24, 2.45) is 0 Å². The van der Waals surface area contributed by atoms with E-state index in [1.165, 1.54) is 11.3 Å². The van der Waals surface area contributed by atoms with Gasteiger partial charge < -0.3 is 20.3 Å². The van der Waals surface area contributed by atoms with Crippen LogP contribution in [0.5, 0.6) is 0 Å². The van der Waals surface area contributed by atoms with Crippen LogP contribution in [0.4, 0.5) is 11.4 Å². The van der Waals surface area contributed by atoms with E-state index in [-0.39, 0.29) is 6.04 Å². The van der Waals surface area contributed by atoms with Crippen molar-refractivity contribution in [3.63, 3.8) is 0 Å². The molecule has 8 heteroatoms. The summed E-state index contributed by atoms with van der Waals surface area (Å²) in [5, 5.41) is 6.05. The van der Waals surface area contributed by atoms with Gasteiger partial charge in [0.25, 0.3) is 0 Å². The van der Waals surface area contributed by atoms with Gasteiger partial charge in [0, 0.05) is 49.6 Å². The molecule has 2 aromatic carbocycles. The molecule has 7 nitrogen and oxygen atoms in total. The van der Waals surface area contributed by atoms with E-state index < -0.39 is 11.8 Å². The molecule has 2 aliphatic rings. The number of fused-ring (bicyclic) bond motifs is 1. The Bertz CT molecular complexity index is 1020. The number of benzene rings is 2. The van der Waals surface area contributed by atoms with Gasteiger partial charge in [-0.25, -0.2) is 0 Å². The predicted molar refractivity (Wildman–Crippen MR) is 131 cm³/mol. The van der Waals surface area contributed by atoms with Crippen molar-refractivity contribution in [3.05, 3.63) is 58.1 Å². The number of nitrogens with one attached hydrogen (secondary N) is 2. The molecule has 1 unspecified atom stereocenters. The molecule has 1 atom stereocenters. The summed E-state index contributed by atoms with van der Waals surface area (Å²) in [5.74, 6) is -1.36. The summed E-state index contributed by atoms with van der Waals surface area (Å²) in [6.07, 6.45) is 2.19. The SMILES string of the molecule is Cc1c(Cl)cccc1NC(=O)C(=O)NCC(c1ccc2c(c1)CCCN2C)N1CCOCC1. The number of carbonyl (C=O) groups excluding carboxylic acids is 2. The van der Waals surface area contributed by atoms with Crippen molar-refractivity contribution in [1.82, 2.24) is 10.2 Å². The molecular formula is C25H31ClN4O3. The van der Waals surface area contributed by atoms with Gasteiger partial charge in [-0.2, -0.15) is 0 Å². The Labute approximate surface area is 200 Å². The quantitative estimate of drug-likeness (QED) is 0.657. The second-order valence-corrected chi connectivity index (χ2v) is 9.06. The molecule has 176 valence electrons. The van der Waals surface area contributed by atoms with E-state index in [1.54, 1.807) is 25.1 Å². The maximum absolute atomic E-state index is 12.6. The summed E-state index contributed by atoms with van der Waals surface area (Å²) in [6.45, 7) is 6.10. The van der Waals surface area contributed by atoms with Crippen molar-refractivity contribution in [2.75, 3.05) is 56.7 Å². The topological polar surface area (TPSA) is 73.9 Å². The lowest BCUT2D eigenvalue weighted by molar-refractivity contribution is -0.136. The predicted octanol–water partition coefficient (Wildman–Crippen LogP) is 3.16. The highest BCUT2D eigenvalue weighted by Gasteiger charge is 2.26. The molecule has 2 N–H and O–H groups in total. The molecule has 4 rings (SSSR count). The van der Waals surface area contributed by atoms with E-state index in [2.05, 4.69) is 45.7 Å². The number of aryl methyl sites for hydroxylation is 1. The molecule has 2 aromatic rings. The Balaban J connectivity index is 1.47. The number of carbonyl (C=O) groups is 2. The number of halogens is 1. The molecule has 0 spiro atoms. The summed E-state index contributed by atoms with van der Waals surface area (Å²) in [6, 6.07) is 11.8. The van der Waals surface area contributed by atoms with Crippen molar-refractivity contribution >= 4 is 34.8 Å². The number of amides is 2. The van der Waals surface area contributed by atoms with Crippen molar-refractivity contribution < 1.29 is 14.3 Å². The first kappa shape index (κ1) is 23.5. The highest BCUT2D eigenvalue weighted by atomic mass is 35.5. The minimum atomic E-state index is -0.701. The Hall–Kier alpha value is -2.61. The van der Waals surface area contributed by atoms with Crippen LogP contribution in [0.15, 0.2) is 36.4 Å². The first-order valence-corrected chi connectivity index (χ1v) is 11.8. The molecule has 0 bridgehead atoms. The zero-order valence-corrected chi connectivity index (χ0v) is 20.0. The van der Waals surface area contributed by atoms with E-state index >= 15 is 0 Å². The van der Waals surface area contributed by atoms with E-state index in [0.29, 0.717) is 30.5 Å². The molecule has 1 saturated heterocycles. The summed E-state index contributed by atoms with van der Waals surface area (Å²) < 4.78 is 5.53. The normalized spacial score (nSPS) is 17.2. The van der Waals surface area contributed by atoms with Crippen LogP contribution >= 0.6 is 11.6 Å². The lowest BCUT2D eigenvalue weighted by Gasteiger charge is -2.36. The highest BCUT2D eigenvalue weighted by molar-refractivity contribution is 6.40. The number of rotatable bonds is 5. The standard InChI is InChI=1S/C25H31ClN4O3/c1-17-20(26)6-3-7-21(17)28-25(32)24(31)27-16-23(30-11-13-33-14-12-30)19-8-9-22-18(15-19)5-4-10-29(22)2/h3,6-9,15,23H,4-5,10-14,16H2,1-2H3,(H,27,31)(H,28,32). The fraction of sp³-hybridized carbons (Fsp3) is 0.440. The minimum absolute atomic E-state index is 0.0314. The molecule has 0 saturated carbocycles. The van der Waals surface area contributed by atoms with Crippen LogP contribution in [0.1, 0.15) is 29.2 Å². The number of hydrogen-bond acceptors (Lipinski definition) is 5. The van der Waals surface area contributed by atoms with Gasteiger partial charge in [-0.1, -0.05) is 29.8 Å². The zero-order chi connectivity index (χ0) is 23.4. The van der Waals surface area contributed by atoms with Crippen molar-refractivity contribution in [2.45, 2.75) is 25.8 Å². The van der Waals surface area contributed by atoms with Crippen LogP contribution < -0.4 is 15.5 Å². The van der Waals surface area contributed by atoms with Crippen LogP contribution in [-0.4, -0.2) is 63.2 Å². The van der Waals surface area contributed by atoms with Gasteiger partial charge in [0.2, 0.25) is 0 Å². The number of hydrogen-bond donors (Lipinski definition) is 2. The molecule has 2 amide bonds. The minimum Gasteiger partial charge on any atom is -0.379 e. The molecule has 0 aliphatic carbocycles. The molecular weight excluding hydrogens is 440 g/mol. The summed E-state index contributed by atoms with van der Waals surface area (Å²) >= 11 is 6.12. The fourth-order valence-electron chi connectivity index (χ4n) is 4.55. The van der Waals surface area contributed by atoms with E-state index in [1.807, 2.05) is 0 Å². The van der Waals surface area contributed by atoms with Crippen LogP contribution in [0, 0.1) is 6.92 Å². The first-order valence-electron chi connectivity index (χ1n) is 11.4. The van der Waals surface area contributed by atoms with Crippen LogP contribution in [0.2, 0.25) is 5.02 Å². The second-order valence-electron chi connectivity index (χ2n) is 8.65. The smallest absolute Gasteiger partial charge is 0.313 e. The maximum atomic E-state index is 12.6. The molecule has 1 fully saturated rings. The monoisotopic (exact) mass is 470 g/mol. The van der Waals surface area contributed by atoms with Gasteiger partial charge in [-0.3, -0.25) is 14.5 Å². The summed E-state index contributed by atoms with van der Waals surface area (Å²) in [4.78, 5) is 29.8. The van der Waals surface area contributed by atoms with Crippen LogP contribution in [0.3, 0.4) is 0 Å². The van der Waals surface area contributed by atoms with Crippen LogP contribution in [-0.2, 0) is 20.7 Å². The van der Waals surface area contributed by atoms with Crippen molar-refractivity contribution in [1.29, 1.82) is 0 Å². The Morgan fingerprint density at radius 2 is 1.91 bits per heavy atom. The number of anilines is 2. The lowest BCUT2D eigenvalue weighted by Crippen LogP contribution is -2.45. The van der Waals surface area contributed by atoms with Gasteiger partial charge in [0.1, 0.15) is 0 Å². The largest absolute Gasteiger partial charge is 0.379 e. The molecule has 0 aromatic heterocycles. The number of ether oxygens (including phenoxy) is 1. The third-order valence-electron chi connectivity index (χ3n) is 6.50. The molecule has 2 aliphatic heterocycles. The van der Waals surface area contributed by atoms with Gasteiger partial charge in [-0.15, -0.1) is 0 Å². The van der Waals surface area contributed by atoms with Gasteiger partial charge in [0.15, 0.2) is 0 Å². The number of nitrogens with zero attached hydrogens (tertiary/aromatic N) is 2. The van der Waals surface area contributed by atoms with Crippen LogP contribution in [0.25, 0.3) is 0 Å². The van der Waals surface area contributed by atoms with E-state index in [9.17, 15) is 9.59 Å². The van der Waals surface area contributed by atoms with Crippen molar-refractivity contribution in [3.8, 4) is 0 Å². The third kappa shape index (κ3) is 5.49. The van der Waals surface area contributed by atoms with E-state index in [4.69, 9.17) is 16.3 Å². The number of morpholine rings is 1. The maximum Gasteiger partial charge on any atom is 0.313 e. The Morgan fingerprint density at radius 3 is 2.70 bits per heavy atom. The van der Waals surface area contributed by atoms with Gasteiger partial charge in [0.05, 0.1) is 19.3 Å². The molecule has 33 heavy (non-hydrogen) atoms.